The summed E-state index contributed by atoms with van der Waals surface area (Å²) in [6, 6.07) is 0. The first-order valence-electron chi connectivity index (χ1n) is 6.93. The minimum atomic E-state index is -0.526. The second-order valence-electron chi connectivity index (χ2n) is 6.07. The molecule has 106 valence electrons. The lowest BCUT2D eigenvalue weighted by Gasteiger charge is -2.43. The highest BCUT2D eigenvalue weighted by atomic mass is 16.8. The number of fused-ring (bicyclic) bond motifs is 1. The molecule has 0 aliphatic carbocycles. The number of rotatable bonds is 3. The Morgan fingerprint density at radius 3 is 2.28 bits per heavy atom. The van der Waals surface area contributed by atoms with Gasteiger partial charge in [0.1, 0.15) is 6.10 Å². The fraction of sp³-hybridized carbons (Fsp3) is 1.00. The highest BCUT2D eigenvalue weighted by molar-refractivity contribution is 4.96. The zero-order valence-electron chi connectivity index (χ0n) is 12.3. The van der Waals surface area contributed by atoms with Gasteiger partial charge in [0.15, 0.2) is 12.1 Å². The Morgan fingerprint density at radius 2 is 1.78 bits per heavy atom. The van der Waals surface area contributed by atoms with Crippen molar-refractivity contribution in [1.82, 2.24) is 0 Å². The molecule has 2 aliphatic heterocycles. The second kappa shape index (κ2) is 5.08. The van der Waals surface area contributed by atoms with Crippen LogP contribution in [0.15, 0.2) is 0 Å². The maximum absolute atomic E-state index is 6.11. The Bertz CT molecular complexity index is 290. The summed E-state index contributed by atoms with van der Waals surface area (Å²) < 4.78 is 23.7. The van der Waals surface area contributed by atoms with Crippen LogP contribution in [-0.2, 0) is 18.9 Å². The Morgan fingerprint density at radius 1 is 1.17 bits per heavy atom. The third-order valence-electron chi connectivity index (χ3n) is 3.94. The number of hydrogen-bond acceptors (Lipinski definition) is 4. The first kappa shape index (κ1) is 14.3. The molecule has 5 atom stereocenters. The standard InChI is InChI=1S/C14H26O4/c1-7-9-11-12(18-14(4,5)17-11)10(8(2)3)13(15-6)16-9/h8-13H,7H2,1-6H3/t9-,10-,11+,12-,13+/m1/s1. The van der Waals surface area contributed by atoms with E-state index in [2.05, 4.69) is 20.8 Å². The summed E-state index contributed by atoms with van der Waals surface area (Å²) in [5, 5.41) is 0. The SMILES string of the molecule is CC[C@H]1O[C@H](OC)[C@H](C(C)C)[C@H]2OC(C)(C)O[C@H]21. The van der Waals surface area contributed by atoms with Gasteiger partial charge in [-0.3, -0.25) is 0 Å². The summed E-state index contributed by atoms with van der Waals surface area (Å²) in [4.78, 5) is 0. The fourth-order valence-corrected chi connectivity index (χ4v) is 3.13. The molecule has 0 aromatic carbocycles. The summed E-state index contributed by atoms with van der Waals surface area (Å²) in [5.74, 6) is 0.115. The molecule has 4 nitrogen and oxygen atoms in total. The van der Waals surface area contributed by atoms with Crippen molar-refractivity contribution in [2.75, 3.05) is 7.11 Å². The van der Waals surface area contributed by atoms with Gasteiger partial charge < -0.3 is 18.9 Å². The molecule has 2 saturated heterocycles. The van der Waals surface area contributed by atoms with E-state index >= 15 is 0 Å². The van der Waals surface area contributed by atoms with Crippen molar-refractivity contribution in [3.05, 3.63) is 0 Å². The lowest BCUT2D eigenvalue weighted by Crippen LogP contribution is -2.54. The van der Waals surface area contributed by atoms with Crippen LogP contribution in [0.25, 0.3) is 0 Å². The molecule has 2 rings (SSSR count). The monoisotopic (exact) mass is 258 g/mol. The van der Waals surface area contributed by atoms with Crippen molar-refractivity contribution in [2.45, 2.75) is 71.4 Å². The highest BCUT2D eigenvalue weighted by Gasteiger charge is 2.55. The van der Waals surface area contributed by atoms with E-state index in [9.17, 15) is 0 Å². The van der Waals surface area contributed by atoms with E-state index in [0.29, 0.717) is 5.92 Å². The van der Waals surface area contributed by atoms with E-state index in [1.54, 1.807) is 7.11 Å². The van der Waals surface area contributed by atoms with Crippen LogP contribution in [0.1, 0.15) is 41.0 Å². The summed E-state index contributed by atoms with van der Waals surface area (Å²) in [7, 11) is 1.70. The smallest absolute Gasteiger partial charge is 0.163 e. The van der Waals surface area contributed by atoms with Crippen molar-refractivity contribution in [3.8, 4) is 0 Å². The molecule has 0 N–H and O–H groups in total. The van der Waals surface area contributed by atoms with Gasteiger partial charge in [0.2, 0.25) is 0 Å². The Hall–Kier alpha value is -0.160. The molecular weight excluding hydrogens is 232 g/mol. The van der Waals surface area contributed by atoms with Gasteiger partial charge in [-0.1, -0.05) is 20.8 Å². The Balaban J connectivity index is 2.26. The average Bonchev–Trinajstić information content (AvgIpc) is 2.60. The van der Waals surface area contributed by atoms with Crippen LogP contribution in [0, 0.1) is 11.8 Å². The molecule has 0 bridgehead atoms. The van der Waals surface area contributed by atoms with E-state index in [-0.39, 0.29) is 30.5 Å². The summed E-state index contributed by atoms with van der Waals surface area (Å²) >= 11 is 0. The molecule has 0 unspecified atom stereocenters. The first-order valence-corrected chi connectivity index (χ1v) is 6.93. The van der Waals surface area contributed by atoms with E-state index in [0.717, 1.165) is 6.42 Å². The normalized spacial score (nSPS) is 43.2. The molecule has 18 heavy (non-hydrogen) atoms. The van der Waals surface area contributed by atoms with E-state index in [4.69, 9.17) is 18.9 Å². The molecule has 4 heteroatoms. The average molecular weight is 258 g/mol. The number of hydrogen-bond donors (Lipinski definition) is 0. The first-order chi connectivity index (χ1) is 8.39. The zero-order chi connectivity index (χ0) is 13.5. The van der Waals surface area contributed by atoms with Gasteiger partial charge in [-0.05, 0) is 26.2 Å². The van der Waals surface area contributed by atoms with Crippen molar-refractivity contribution in [1.29, 1.82) is 0 Å². The van der Waals surface area contributed by atoms with Crippen molar-refractivity contribution >= 4 is 0 Å². The van der Waals surface area contributed by atoms with E-state index < -0.39 is 5.79 Å². The molecule has 0 radical (unpaired) electrons. The third kappa shape index (κ3) is 2.44. The number of ether oxygens (including phenoxy) is 4. The molecule has 2 heterocycles. The van der Waals surface area contributed by atoms with Gasteiger partial charge >= 0.3 is 0 Å². The van der Waals surface area contributed by atoms with Crippen molar-refractivity contribution < 1.29 is 18.9 Å². The third-order valence-corrected chi connectivity index (χ3v) is 3.94. The van der Waals surface area contributed by atoms with E-state index in [1.165, 1.54) is 0 Å². The zero-order valence-corrected chi connectivity index (χ0v) is 12.3. The van der Waals surface area contributed by atoms with Crippen LogP contribution in [0.5, 0.6) is 0 Å². The maximum atomic E-state index is 6.11. The van der Waals surface area contributed by atoms with Gasteiger partial charge in [-0.25, -0.2) is 0 Å². The van der Waals surface area contributed by atoms with Gasteiger partial charge in [0, 0.05) is 13.0 Å². The van der Waals surface area contributed by atoms with Crippen LogP contribution < -0.4 is 0 Å². The predicted octanol–water partition coefficient (Wildman–Crippen LogP) is 2.56. The molecule has 2 fully saturated rings. The fourth-order valence-electron chi connectivity index (χ4n) is 3.13. The molecule has 0 amide bonds. The van der Waals surface area contributed by atoms with Crippen LogP contribution in [0.4, 0.5) is 0 Å². The largest absolute Gasteiger partial charge is 0.355 e. The summed E-state index contributed by atoms with van der Waals surface area (Å²) in [6.45, 7) is 10.4. The van der Waals surface area contributed by atoms with Gasteiger partial charge in [0.25, 0.3) is 0 Å². The van der Waals surface area contributed by atoms with Gasteiger partial charge in [0.05, 0.1) is 12.2 Å². The molecule has 0 saturated carbocycles. The molecule has 2 aliphatic rings. The van der Waals surface area contributed by atoms with Crippen LogP contribution in [-0.4, -0.2) is 37.5 Å². The molecule has 0 spiro atoms. The van der Waals surface area contributed by atoms with E-state index in [1.807, 2.05) is 13.8 Å². The Kier molecular flexibility index (Phi) is 4.02. The minimum absolute atomic E-state index is 0.0174. The minimum Gasteiger partial charge on any atom is -0.355 e. The lowest BCUT2D eigenvalue weighted by molar-refractivity contribution is -0.259. The van der Waals surface area contributed by atoms with Crippen LogP contribution in [0.3, 0.4) is 0 Å². The topological polar surface area (TPSA) is 36.9 Å². The van der Waals surface area contributed by atoms with Gasteiger partial charge in [-0.15, -0.1) is 0 Å². The van der Waals surface area contributed by atoms with Crippen LogP contribution in [0.2, 0.25) is 0 Å². The predicted molar refractivity (Wildman–Crippen MR) is 68.1 cm³/mol. The van der Waals surface area contributed by atoms with Gasteiger partial charge in [-0.2, -0.15) is 0 Å². The molecule has 0 aromatic rings. The quantitative estimate of drug-likeness (QED) is 0.779. The maximum Gasteiger partial charge on any atom is 0.163 e. The van der Waals surface area contributed by atoms with Crippen molar-refractivity contribution in [3.63, 3.8) is 0 Å². The number of methoxy groups -OCH3 is 1. The van der Waals surface area contributed by atoms with Crippen LogP contribution >= 0.6 is 0 Å². The summed E-state index contributed by atoms with van der Waals surface area (Å²) in [6.07, 6.45) is 0.837. The summed E-state index contributed by atoms with van der Waals surface area (Å²) in [5.41, 5.74) is 0. The molecule has 0 aromatic heterocycles. The lowest BCUT2D eigenvalue weighted by atomic mass is 9.82. The highest BCUT2D eigenvalue weighted by Crippen LogP contribution is 2.43. The molecular formula is C14H26O4. The van der Waals surface area contributed by atoms with Crippen molar-refractivity contribution in [2.24, 2.45) is 11.8 Å². The second-order valence-corrected chi connectivity index (χ2v) is 6.07. The Labute approximate surface area is 110 Å².